The van der Waals surface area contributed by atoms with Crippen molar-refractivity contribution in [3.8, 4) is 0 Å². The summed E-state index contributed by atoms with van der Waals surface area (Å²) in [5.74, 6) is 0. The number of hydrogen-bond acceptors (Lipinski definition) is 4. The van der Waals surface area contributed by atoms with Gasteiger partial charge in [0.05, 0.1) is 26.2 Å². The smallest absolute Gasteiger partial charge is 0.183 e. The van der Waals surface area contributed by atoms with Crippen LogP contribution < -0.4 is 0 Å². The molecule has 0 spiro atoms. The molecule has 5 nitrogen and oxygen atoms in total. The Morgan fingerprint density at radius 2 is 1.87 bits per heavy atom. The van der Waals surface area contributed by atoms with Crippen LogP contribution in [0.5, 0.6) is 0 Å². The highest BCUT2D eigenvalue weighted by molar-refractivity contribution is 4.51. The van der Waals surface area contributed by atoms with Gasteiger partial charge in [-0.15, -0.1) is 5.34 Å². The van der Waals surface area contributed by atoms with Crippen LogP contribution in [0.1, 0.15) is 33.1 Å². The third-order valence-electron chi connectivity index (χ3n) is 2.90. The monoisotopic (exact) mass is 218 g/mol. The molecule has 5 heteroatoms. The highest BCUT2D eigenvalue weighted by Crippen LogP contribution is 2.18. The van der Waals surface area contributed by atoms with E-state index in [4.69, 9.17) is 14.9 Å². The molecular formula is C10H22N2O3. The normalized spacial score (nSPS) is 18.0. The largest absolute Gasteiger partial charge is 0.444 e. The second kappa shape index (κ2) is 8.61. The SMILES string of the molecule is CCCOC[N+]1(CC)CCCC1.O=N[O-]. The van der Waals surface area contributed by atoms with E-state index in [1.54, 1.807) is 0 Å². The average molecular weight is 218 g/mol. The second-order valence-corrected chi connectivity index (χ2v) is 3.92. The molecule has 1 aliphatic rings. The van der Waals surface area contributed by atoms with Crippen LogP contribution in [0.4, 0.5) is 0 Å². The van der Waals surface area contributed by atoms with Crippen LogP contribution in [0.25, 0.3) is 0 Å². The van der Waals surface area contributed by atoms with Crippen LogP contribution in [-0.2, 0) is 4.74 Å². The summed E-state index contributed by atoms with van der Waals surface area (Å²) in [5, 5.41) is 9.00. The first kappa shape index (κ1) is 14.3. The zero-order chi connectivity index (χ0) is 11.6. The molecule has 15 heavy (non-hydrogen) atoms. The van der Waals surface area contributed by atoms with Crippen molar-refractivity contribution in [1.82, 2.24) is 0 Å². The molecule has 0 unspecified atom stereocenters. The van der Waals surface area contributed by atoms with Crippen molar-refractivity contribution in [3.63, 3.8) is 0 Å². The molecule has 0 aliphatic carbocycles. The number of quaternary nitrogens is 1. The van der Waals surface area contributed by atoms with E-state index in [2.05, 4.69) is 13.8 Å². The van der Waals surface area contributed by atoms with Gasteiger partial charge in [0.15, 0.2) is 6.73 Å². The lowest BCUT2D eigenvalue weighted by Crippen LogP contribution is -2.46. The lowest BCUT2D eigenvalue weighted by Gasteiger charge is -2.32. The standard InChI is InChI=1S/C10H22NO.HNO2/c1-3-9-12-10-11(4-2)7-5-6-8-11;2-1-3/h3-10H2,1-2H3;(H,2,3)/q+1;/p-1. The molecule has 90 valence electrons. The highest BCUT2D eigenvalue weighted by Gasteiger charge is 2.29. The summed E-state index contributed by atoms with van der Waals surface area (Å²) in [5.41, 5.74) is 0. The van der Waals surface area contributed by atoms with Gasteiger partial charge in [0.1, 0.15) is 0 Å². The second-order valence-electron chi connectivity index (χ2n) is 3.92. The Labute approximate surface area is 91.6 Å². The van der Waals surface area contributed by atoms with Crippen LogP contribution in [0.3, 0.4) is 0 Å². The summed E-state index contributed by atoms with van der Waals surface area (Å²) in [4.78, 5) is 8.00. The maximum atomic E-state index is 8.00. The molecule has 0 atom stereocenters. The zero-order valence-corrected chi connectivity index (χ0v) is 9.78. The molecule has 0 aromatic rings. The molecule has 1 heterocycles. The minimum atomic E-state index is 0.931. The van der Waals surface area contributed by atoms with Gasteiger partial charge in [0.2, 0.25) is 0 Å². The molecule has 0 bridgehead atoms. The Kier molecular flexibility index (Phi) is 8.22. The minimum absolute atomic E-state index is 0.931. The van der Waals surface area contributed by atoms with E-state index < -0.39 is 0 Å². The lowest BCUT2D eigenvalue weighted by atomic mass is 10.4. The first-order valence-electron chi connectivity index (χ1n) is 5.62. The van der Waals surface area contributed by atoms with Gasteiger partial charge in [0, 0.05) is 12.8 Å². The number of hydrogen-bond donors (Lipinski definition) is 0. The van der Waals surface area contributed by atoms with Crippen LogP contribution in [0.15, 0.2) is 5.34 Å². The number of rotatable bonds is 5. The summed E-state index contributed by atoms with van der Waals surface area (Å²) in [6.07, 6.45) is 3.93. The molecule has 0 aromatic heterocycles. The maximum absolute atomic E-state index is 8.00. The van der Waals surface area contributed by atoms with Crippen LogP contribution in [0, 0.1) is 10.1 Å². The van der Waals surface area contributed by atoms with Gasteiger partial charge in [-0.25, -0.2) is 0 Å². The van der Waals surface area contributed by atoms with Gasteiger partial charge in [-0.3, -0.25) is 0 Å². The summed E-state index contributed by atoms with van der Waals surface area (Å²) < 4.78 is 6.84. The molecule has 0 saturated carbocycles. The molecular weight excluding hydrogens is 196 g/mol. The van der Waals surface area contributed by atoms with Gasteiger partial charge >= 0.3 is 0 Å². The average Bonchev–Trinajstić information content (AvgIpc) is 2.69. The fraction of sp³-hybridized carbons (Fsp3) is 1.00. The van der Waals surface area contributed by atoms with E-state index in [-0.39, 0.29) is 0 Å². The van der Waals surface area contributed by atoms with E-state index in [1.165, 1.54) is 37.0 Å². The first-order chi connectivity index (χ1) is 7.24. The molecule has 1 aliphatic heterocycles. The first-order valence-corrected chi connectivity index (χ1v) is 5.62. The van der Waals surface area contributed by atoms with Crippen LogP contribution in [-0.4, -0.2) is 37.5 Å². The van der Waals surface area contributed by atoms with Crippen molar-refractivity contribution in [2.75, 3.05) is 33.0 Å². The fourth-order valence-corrected chi connectivity index (χ4v) is 1.95. The van der Waals surface area contributed by atoms with Crippen molar-refractivity contribution >= 4 is 0 Å². The number of ether oxygens (including phenoxy) is 1. The van der Waals surface area contributed by atoms with E-state index in [1.807, 2.05) is 0 Å². The Morgan fingerprint density at radius 1 is 1.33 bits per heavy atom. The highest BCUT2D eigenvalue weighted by atomic mass is 16.6. The quantitative estimate of drug-likeness (QED) is 0.308. The molecule has 1 rings (SSSR count). The van der Waals surface area contributed by atoms with Crippen molar-refractivity contribution in [2.45, 2.75) is 33.1 Å². The van der Waals surface area contributed by atoms with E-state index in [9.17, 15) is 0 Å². The number of nitrogens with zero attached hydrogens (tertiary/aromatic N) is 2. The van der Waals surface area contributed by atoms with E-state index in [0.717, 1.165) is 25.1 Å². The molecule has 0 radical (unpaired) electrons. The Hall–Kier alpha value is -0.680. The van der Waals surface area contributed by atoms with E-state index >= 15 is 0 Å². The molecule has 0 amide bonds. The lowest BCUT2D eigenvalue weighted by molar-refractivity contribution is -0.933. The molecule has 1 saturated heterocycles. The van der Waals surface area contributed by atoms with Crippen molar-refractivity contribution in [1.29, 1.82) is 0 Å². The molecule has 0 N–H and O–H groups in total. The predicted molar refractivity (Wildman–Crippen MR) is 60.0 cm³/mol. The minimum Gasteiger partial charge on any atom is -0.444 e. The summed E-state index contributed by atoms with van der Waals surface area (Å²) in [7, 11) is 0. The Bertz CT molecular complexity index is 159. The maximum Gasteiger partial charge on any atom is 0.183 e. The van der Waals surface area contributed by atoms with Crippen molar-refractivity contribution in [3.05, 3.63) is 10.1 Å². The fourth-order valence-electron chi connectivity index (χ4n) is 1.95. The summed E-state index contributed by atoms with van der Waals surface area (Å²) >= 11 is 0. The van der Waals surface area contributed by atoms with Crippen LogP contribution >= 0.6 is 0 Å². The summed E-state index contributed by atoms with van der Waals surface area (Å²) in [6.45, 7) is 10.2. The van der Waals surface area contributed by atoms with Gasteiger partial charge in [-0.2, -0.15) is 0 Å². The third-order valence-corrected chi connectivity index (χ3v) is 2.90. The number of likely N-dealkylation sites (tertiary alicyclic amines) is 1. The van der Waals surface area contributed by atoms with E-state index in [0.29, 0.717) is 0 Å². The van der Waals surface area contributed by atoms with Crippen molar-refractivity contribution in [2.24, 2.45) is 5.34 Å². The Balaban J connectivity index is 0.000000583. The molecule has 1 fully saturated rings. The third kappa shape index (κ3) is 5.69. The van der Waals surface area contributed by atoms with Crippen LogP contribution in [0.2, 0.25) is 0 Å². The topological polar surface area (TPSA) is 61.7 Å². The van der Waals surface area contributed by atoms with Crippen molar-refractivity contribution < 1.29 is 9.22 Å². The summed E-state index contributed by atoms with van der Waals surface area (Å²) in [6, 6.07) is 0. The van der Waals surface area contributed by atoms with Gasteiger partial charge in [-0.1, -0.05) is 6.92 Å². The zero-order valence-electron chi connectivity index (χ0n) is 9.78. The van der Waals surface area contributed by atoms with Gasteiger partial charge < -0.3 is 19.3 Å². The Morgan fingerprint density at radius 3 is 2.27 bits per heavy atom. The molecule has 0 aromatic carbocycles. The van der Waals surface area contributed by atoms with Gasteiger partial charge in [0.25, 0.3) is 0 Å². The predicted octanol–water partition coefficient (Wildman–Crippen LogP) is 2.25. The van der Waals surface area contributed by atoms with Gasteiger partial charge in [-0.05, 0) is 13.3 Å².